The molecule has 0 radical (unpaired) electrons. The minimum absolute atomic E-state index is 0.0564. The van der Waals surface area contributed by atoms with Crippen LogP contribution in [0.2, 0.25) is 0 Å². The van der Waals surface area contributed by atoms with Crippen molar-refractivity contribution < 1.29 is 4.79 Å². The second-order valence-corrected chi connectivity index (χ2v) is 8.48. The molecule has 128 valence electrons. The van der Waals surface area contributed by atoms with Crippen molar-refractivity contribution in [2.75, 3.05) is 59.4 Å². The van der Waals surface area contributed by atoms with Crippen molar-refractivity contribution in [3.8, 4) is 0 Å². The highest BCUT2D eigenvalue weighted by molar-refractivity contribution is 5.78. The van der Waals surface area contributed by atoms with Crippen LogP contribution in [-0.4, -0.2) is 96.0 Å². The number of piperazine rings is 2. The van der Waals surface area contributed by atoms with Gasteiger partial charge in [0, 0.05) is 63.9 Å². The van der Waals surface area contributed by atoms with Gasteiger partial charge in [0.15, 0.2) is 0 Å². The van der Waals surface area contributed by atoms with E-state index in [0.29, 0.717) is 6.54 Å². The molecule has 0 saturated carbocycles. The highest BCUT2D eigenvalue weighted by Gasteiger charge is 2.35. The maximum atomic E-state index is 12.0. The number of nitrogens with zero attached hydrogens (tertiary/aromatic N) is 4. The monoisotopic (exact) mass is 310 g/mol. The van der Waals surface area contributed by atoms with Crippen molar-refractivity contribution in [1.29, 1.82) is 0 Å². The van der Waals surface area contributed by atoms with Gasteiger partial charge in [0.05, 0.1) is 6.54 Å². The second kappa shape index (κ2) is 6.46. The summed E-state index contributed by atoms with van der Waals surface area (Å²) in [7, 11) is 1.90. The second-order valence-electron chi connectivity index (χ2n) is 8.48. The Hall–Kier alpha value is -0.650. The summed E-state index contributed by atoms with van der Waals surface area (Å²) in [5.74, 6) is 0.247. The predicted octanol–water partition coefficient (Wildman–Crippen LogP) is 0.955. The largest absolute Gasteiger partial charge is 0.343 e. The van der Waals surface area contributed by atoms with E-state index in [9.17, 15) is 4.79 Å². The molecule has 2 rings (SSSR count). The summed E-state index contributed by atoms with van der Waals surface area (Å²) in [4.78, 5) is 21.3. The fourth-order valence-corrected chi connectivity index (χ4v) is 3.50. The molecule has 0 aromatic heterocycles. The Morgan fingerprint density at radius 1 is 0.864 bits per heavy atom. The zero-order valence-electron chi connectivity index (χ0n) is 15.4. The lowest BCUT2D eigenvalue weighted by Gasteiger charge is -2.48. The molecule has 2 saturated heterocycles. The van der Waals surface area contributed by atoms with Gasteiger partial charge in [0.25, 0.3) is 0 Å². The first-order chi connectivity index (χ1) is 10.1. The van der Waals surface area contributed by atoms with Gasteiger partial charge in [-0.1, -0.05) is 0 Å². The van der Waals surface area contributed by atoms with Crippen molar-refractivity contribution in [3.63, 3.8) is 0 Å². The minimum atomic E-state index is 0.0564. The summed E-state index contributed by atoms with van der Waals surface area (Å²) in [5.41, 5.74) is 0.326. The first kappa shape index (κ1) is 17.7. The Kier molecular flexibility index (Phi) is 5.20. The van der Waals surface area contributed by atoms with Gasteiger partial charge < -0.3 is 4.90 Å². The number of likely N-dealkylation sites (N-methyl/N-ethyl adjacent to an activating group) is 1. The first-order valence-electron chi connectivity index (χ1n) is 8.56. The maximum absolute atomic E-state index is 12.0. The van der Waals surface area contributed by atoms with Crippen molar-refractivity contribution in [3.05, 3.63) is 0 Å². The molecule has 22 heavy (non-hydrogen) atoms. The molecule has 0 aromatic carbocycles. The van der Waals surface area contributed by atoms with Crippen molar-refractivity contribution >= 4 is 5.91 Å². The highest BCUT2D eigenvalue weighted by atomic mass is 16.2. The molecule has 0 N–H and O–H groups in total. The third-order valence-corrected chi connectivity index (χ3v) is 5.24. The number of hydrogen-bond donors (Lipinski definition) is 0. The Balaban J connectivity index is 1.86. The van der Waals surface area contributed by atoms with Crippen LogP contribution < -0.4 is 0 Å². The molecule has 2 aliphatic rings. The Morgan fingerprint density at radius 3 is 1.91 bits per heavy atom. The summed E-state index contributed by atoms with van der Waals surface area (Å²) in [6.45, 7) is 19.4. The fourth-order valence-electron chi connectivity index (χ4n) is 3.50. The van der Waals surface area contributed by atoms with Crippen LogP contribution in [-0.2, 0) is 4.79 Å². The molecule has 5 heteroatoms. The van der Waals surface area contributed by atoms with E-state index in [1.165, 1.54) is 0 Å². The van der Waals surface area contributed by atoms with Crippen molar-refractivity contribution in [2.45, 2.75) is 45.7 Å². The zero-order chi connectivity index (χ0) is 16.5. The average Bonchev–Trinajstić information content (AvgIpc) is 2.41. The van der Waals surface area contributed by atoms with Crippen LogP contribution in [0.4, 0.5) is 0 Å². The number of rotatable bonds is 3. The van der Waals surface area contributed by atoms with Gasteiger partial charge in [-0.2, -0.15) is 0 Å². The van der Waals surface area contributed by atoms with Crippen LogP contribution in [0.5, 0.6) is 0 Å². The van der Waals surface area contributed by atoms with Crippen LogP contribution in [0.25, 0.3) is 0 Å². The normalized spacial score (nSPS) is 24.1. The predicted molar refractivity (Wildman–Crippen MR) is 91.1 cm³/mol. The molecular formula is C17H34N4O. The fraction of sp³-hybridized carbons (Fsp3) is 0.941. The minimum Gasteiger partial charge on any atom is -0.343 e. The SMILES string of the molecule is CN1CCN(C(C)(C)CN2CCN(C(C)(C)C)CC2)CC1=O. The van der Waals surface area contributed by atoms with Gasteiger partial charge in [-0.3, -0.25) is 19.5 Å². The Bertz CT molecular complexity index is 394. The molecule has 2 heterocycles. The van der Waals surface area contributed by atoms with E-state index >= 15 is 0 Å². The third kappa shape index (κ3) is 4.21. The summed E-state index contributed by atoms with van der Waals surface area (Å²) in [6.07, 6.45) is 0. The molecule has 0 aliphatic carbocycles. The summed E-state index contributed by atoms with van der Waals surface area (Å²) in [6, 6.07) is 0. The van der Waals surface area contributed by atoms with E-state index in [1.807, 2.05) is 11.9 Å². The number of carbonyl (C=O) groups excluding carboxylic acids is 1. The summed E-state index contributed by atoms with van der Waals surface area (Å²) >= 11 is 0. The lowest BCUT2D eigenvalue weighted by molar-refractivity contribution is -0.137. The lowest BCUT2D eigenvalue weighted by atomic mass is 9.99. The number of carbonyl (C=O) groups is 1. The van der Waals surface area contributed by atoms with E-state index in [2.05, 4.69) is 49.3 Å². The van der Waals surface area contributed by atoms with Crippen LogP contribution in [0.1, 0.15) is 34.6 Å². The van der Waals surface area contributed by atoms with Gasteiger partial charge >= 0.3 is 0 Å². The molecule has 0 spiro atoms. The lowest BCUT2D eigenvalue weighted by Crippen LogP contribution is -2.61. The van der Waals surface area contributed by atoms with E-state index < -0.39 is 0 Å². The van der Waals surface area contributed by atoms with Crippen LogP contribution >= 0.6 is 0 Å². The number of hydrogen-bond acceptors (Lipinski definition) is 4. The van der Waals surface area contributed by atoms with E-state index in [4.69, 9.17) is 0 Å². The van der Waals surface area contributed by atoms with E-state index in [1.54, 1.807) is 0 Å². The smallest absolute Gasteiger partial charge is 0.236 e. The van der Waals surface area contributed by atoms with Gasteiger partial charge in [-0.25, -0.2) is 0 Å². The van der Waals surface area contributed by atoms with E-state index in [-0.39, 0.29) is 17.0 Å². The van der Waals surface area contributed by atoms with Crippen LogP contribution in [0, 0.1) is 0 Å². The topological polar surface area (TPSA) is 30.0 Å². The molecule has 1 amide bonds. The molecule has 0 bridgehead atoms. The zero-order valence-corrected chi connectivity index (χ0v) is 15.4. The molecule has 0 aromatic rings. The summed E-state index contributed by atoms with van der Waals surface area (Å²) in [5, 5.41) is 0. The molecule has 2 fully saturated rings. The van der Waals surface area contributed by atoms with Gasteiger partial charge in [-0.05, 0) is 34.6 Å². The molecular weight excluding hydrogens is 276 g/mol. The molecule has 0 atom stereocenters. The maximum Gasteiger partial charge on any atom is 0.236 e. The highest BCUT2D eigenvalue weighted by Crippen LogP contribution is 2.21. The molecule has 2 aliphatic heterocycles. The molecule has 0 unspecified atom stereocenters. The van der Waals surface area contributed by atoms with Crippen molar-refractivity contribution in [1.82, 2.24) is 19.6 Å². The van der Waals surface area contributed by atoms with Gasteiger partial charge in [0.2, 0.25) is 5.91 Å². The Morgan fingerprint density at radius 2 is 1.41 bits per heavy atom. The third-order valence-electron chi connectivity index (χ3n) is 5.24. The van der Waals surface area contributed by atoms with Crippen LogP contribution in [0.3, 0.4) is 0 Å². The van der Waals surface area contributed by atoms with Gasteiger partial charge in [-0.15, -0.1) is 0 Å². The quantitative estimate of drug-likeness (QED) is 0.776. The number of amides is 1. The molecule has 5 nitrogen and oxygen atoms in total. The van der Waals surface area contributed by atoms with Crippen LogP contribution in [0.15, 0.2) is 0 Å². The summed E-state index contributed by atoms with van der Waals surface area (Å²) < 4.78 is 0. The average molecular weight is 310 g/mol. The van der Waals surface area contributed by atoms with Gasteiger partial charge in [0.1, 0.15) is 0 Å². The Labute approximate surface area is 136 Å². The van der Waals surface area contributed by atoms with E-state index in [0.717, 1.165) is 45.8 Å². The first-order valence-corrected chi connectivity index (χ1v) is 8.56. The van der Waals surface area contributed by atoms with Crippen molar-refractivity contribution in [2.24, 2.45) is 0 Å². The standard InChI is InChI=1S/C17H34N4O/c1-16(2,3)20-11-8-19(9-12-20)14-17(4,5)21-10-7-18(6)15(22)13-21/h7-14H2,1-6H3.